The summed E-state index contributed by atoms with van der Waals surface area (Å²) in [6.45, 7) is 2.13. The highest BCUT2D eigenvalue weighted by atomic mass is 16.2. The van der Waals surface area contributed by atoms with Crippen LogP contribution in [0.5, 0.6) is 0 Å². The van der Waals surface area contributed by atoms with E-state index in [1.165, 1.54) is 4.90 Å². The Kier molecular flexibility index (Phi) is 5.16. The Bertz CT molecular complexity index is 899. The molecule has 5 nitrogen and oxygen atoms in total. The lowest BCUT2D eigenvalue weighted by Gasteiger charge is -2.19. The van der Waals surface area contributed by atoms with Crippen LogP contribution < -0.4 is 5.32 Å². The number of fused-ring (bicyclic) bond motifs is 2. The lowest BCUT2D eigenvalue weighted by atomic mass is 9.81. The van der Waals surface area contributed by atoms with Gasteiger partial charge in [0.15, 0.2) is 0 Å². The van der Waals surface area contributed by atoms with Crippen molar-refractivity contribution in [2.45, 2.75) is 45.1 Å². The second-order valence-corrected chi connectivity index (χ2v) is 7.97. The van der Waals surface area contributed by atoms with E-state index in [1.807, 2.05) is 25.1 Å². The summed E-state index contributed by atoms with van der Waals surface area (Å²) in [6, 6.07) is 14.1. The van der Waals surface area contributed by atoms with Crippen LogP contribution in [0.1, 0.15) is 50.6 Å². The monoisotopic (exact) mass is 378 g/mol. The van der Waals surface area contributed by atoms with Gasteiger partial charge in [-0.25, -0.2) is 0 Å². The molecule has 3 atom stereocenters. The molecule has 1 saturated carbocycles. The fourth-order valence-corrected chi connectivity index (χ4v) is 4.54. The Labute approximate surface area is 165 Å². The van der Waals surface area contributed by atoms with Crippen molar-refractivity contribution in [2.75, 3.05) is 6.54 Å². The quantitative estimate of drug-likeness (QED) is 0.809. The van der Waals surface area contributed by atoms with E-state index in [9.17, 15) is 14.4 Å². The van der Waals surface area contributed by atoms with E-state index in [-0.39, 0.29) is 48.6 Å². The number of amides is 3. The van der Waals surface area contributed by atoms with Crippen molar-refractivity contribution in [1.82, 2.24) is 10.2 Å². The molecule has 0 bridgehead atoms. The molecule has 0 spiro atoms. The molecule has 1 N–H and O–H groups in total. The van der Waals surface area contributed by atoms with E-state index >= 15 is 0 Å². The number of hydrogen-bond donors (Lipinski definition) is 1. The maximum atomic E-state index is 12.5. The standard InChI is InChI=1S/C23H26N2O3/c1-15(17-11-10-16-6-2-3-7-18(16)14-17)24-21(26)12-13-25-22(27)19-8-4-5-9-20(19)23(25)28/h2-3,6-7,10-11,14-15,19-20H,4-5,8-9,12-13H2,1H3,(H,24,26)/t15-,19-,20+/m1/s1. The summed E-state index contributed by atoms with van der Waals surface area (Å²) < 4.78 is 0. The van der Waals surface area contributed by atoms with E-state index in [0.29, 0.717) is 0 Å². The number of rotatable bonds is 5. The molecular formula is C23H26N2O3. The van der Waals surface area contributed by atoms with Gasteiger partial charge in [-0.1, -0.05) is 49.2 Å². The Balaban J connectivity index is 1.35. The van der Waals surface area contributed by atoms with Crippen molar-refractivity contribution in [2.24, 2.45) is 11.8 Å². The lowest BCUT2D eigenvalue weighted by Crippen LogP contribution is -2.36. The fraction of sp³-hybridized carbons (Fsp3) is 0.435. The Morgan fingerprint density at radius 2 is 1.68 bits per heavy atom. The molecule has 1 aliphatic carbocycles. The minimum atomic E-state index is -0.152. The topological polar surface area (TPSA) is 66.5 Å². The van der Waals surface area contributed by atoms with Gasteiger partial charge in [0.2, 0.25) is 17.7 Å². The molecule has 2 aromatic rings. The average molecular weight is 378 g/mol. The third-order valence-electron chi connectivity index (χ3n) is 6.15. The Morgan fingerprint density at radius 1 is 1.04 bits per heavy atom. The van der Waals surface area contributed by atoms with Gasteiger partial charge in [0.05, 0.1) is 17.9 Å². The van der Waals surface area contributed by atoms with Crippen molar-refractivity contribution < 1.29 is 14.4 Å². The van der Waals surface area contributed by atoms with Gasteiger partial charge in [0.1, 0.15) is 0 Å². The number of likely N-dealkylation sites (tertiary alicyclic amines) is 1. The molecule has 0 unspecified atom stereocenters. The molecule has 2 aromatic carbocycles. The van der Waals surface area contributed by atoms with Crippen molar-refractivity contribution in [1.29, 1.82) is 0 Å². The van der Waals surface area contributed by atoms with Crippen LogP contribution in [0, 0.1) is 11.8 Å². The zero-order valence-corrected chi connectivity index (χ0v) is 16.2. The van der Waals surface area contributed by atoms with Gasteiger partial charge in [-0.05, 0) is 42.2 Å². The van der Waals surface area contributed by atoms with Gasteiger partial charge in [0.25, 0.3) is 0 Å². The SMILES string of the molecule is C[C@@H](NC(=O)CCN1C(=O)[C@H]2CCCC[C@H]2C1=O)c1ccc2ccccc2c1. The van der Waals surface area contributed by atoms with Crippen LogP contribution in [0.4, 0.5) is 0 Å². The highest BCUT2D eigenvalue weighted by Gasteiger charge is 2.47. The summed E-state index contributed by atoms with van der Waals surface area (Å²) in [7, 11) is 0. The third-order valence-corrected chi connectivity index (χ3v) is 6.15. The van der Waals surface area contributed by atoms with Gasteiger partial charge in [0, 0.05) is 13.0 Å². The maximum absolute atomic E-state index is 12.5. The summed E-state index contributed by atoms with van der Waals surface area (Å²) in [5.41, 5.74) is 1.03. The first-order valence-electron chi connectivity index (χ1n) is 10.2. The fourth-order valence-electron chi connectivity index (χ4n) is 4.54. The predicted octanol–water partition coefficient (Wildman–Crippen LogP) is 3.58. The van der Waals surface area contributed by atoms with Gasteiger partial charge in [-0.15, -0.1) is 0 Å². The number of carbonyl (C=O) groups is 3. The summed E-state index contributed by atoms with van der Waals surface area (Å²) in [4.78, 5) is 38.7. The molecule has 1 saturated heterocycles. The minimum absolute atomic E-state index is 0.0786. The molecule has 3 amide bonds. The van der Waals surface area contributed by atoms with Gasteiger partial charge in [-0.2, -0.15) is 0 Å². The molecule has 4 rings (SSSR count). The van der Waals surface area contributed by atoms with E-state index in [2.05, 4.69) is 29.6 Å². The van der Waals surface area contributed by atoms with E-state index < -0.39 is 0 Å². The van der Waals surface area contributed by atoms with E-state index in [1.54, 1.807) is 0 Å². The van der Waals surface area contributed by atoms with E-state index in [4.69, 9.17) is 0 Å². The van der Waals surface area contributed by atoms with Crippen molar-refractivity contribution in [3.63, 3.8) is 0 Å². The second kappa shape index (κ2) is 7.74. The number of nitrogens with zero attached hydrogens (tertiary/aromatic N) is 1. The molecular weight excluding hydrogens is 352 g/mol. The maximum Gasteiger partial charge on any atom is 0.233 e. The summed E-state index contributed by atoms with van der Waals surface area (Å²) >= 11 is 0. The van der Waals surface area contributed by atoms with Crippen LogP contribution in [-0.4, -0.2) is 29.2 Å². The number of imide groups is 1. The first-order chi connectivity index (χ1) is 13.5. The number of carbonyl (C=O) groups excluding carboxylic acids is 3. The van der Waals surface area contributed by atoms with Crippen LogP contribution in [0.25, 0.3) is 10.8 Å². The number of nitrogens with one attached hydrogen (secondary N) is 1. The summed E-state index contributed by atoms with van der Waals surface area (Å²) in [6.07, 6.45) is 3.78. The van der Waals surface area contributed by atoms with Gasteiger partial charge >= 0.3 is 0 Å². The minimum Gasteiger partial charge on any atom is -0.350 e. The largest absolute Gasteiger partial charge is 0.350 e. The van der Waals surface area contributed by atoms with Crippen molar-refractivity contribution >= 4 is 28.5 Å². The van der Waals surface area contributed by atoms with Gasteiger partial charge < -0.3 is 5.32 Å². The zero-order valence-electron chi connectivity index (χ0n) is 16.2. The Morgan fingerprint density at radius 3 is 2.36 bits per heavy atom. The molecule has 146 valence electrons. The normalized spacial score (nSPS) is 23.0. The smallest absolute Gasteiger partial charge is 0.233 e. The number of benzene rings is 2. The average Bonchev–Trinajstić information content (AvgIpc) is 2.96. The van der Waals surface area contributed by atoms with Crippen molar-refractivity contribution in [3.05, 3.63) is 48.0 Å². The van der Waals surface area contributed by atoms with Crippen LogP contribution in [0.15, 0.2) is 42.5 Å². The van der Waals surface area contributed by atoms with Gasteiger partial charge in [-0.3, -0.25) is 19.3 Å². The summed E-state index contributed by atoms with van der Waals surface area (Å²) in [5, 5.41) is 5.29. The zero-order chi connectivity index (χ0) is 19.7. The molecule has 0 aromatic heterocycles. The highest BCUT2D eigenvalue weighted by molar-refractivity contribution is 6.05. The number of hydrogen-bond acceptors (Lipinski definition) is 3. The molecule has 1 heterocycles. The molecule has 2 aliphatic rings. The summed E-state index contributed by atoms with van der Waals surface area (Å²) in [5.74, 6) is -0.604. The van der Waals surface area contributed by atoms with Crippen LogP contribution >= 0.6 is 0 Å². The first kappa shape index (κ1) is 18.7. The molecule has 1 aliphatic heterocycles. The molecule has 0 radical (unpaired) electrons. The van der Waals surface area contributed by atoms with E-state index in [0.717, 1.165) is 42.0 Å². The predicted molar refractivity (Wildman–Crippen MR) is 107 cm³/mol. The van der Waals surface area contributed by atoms with Crippen LogP contribution in [0.3, 0.4) is 0 Å². The lowest BCUT2D eigenvalue weighted by molar-refractivity contribution is -0.140. The molecule has 5 heteroatoms. The second-order valence-electron chi connectivity index (χ2n) is 7.97. The molecule has 2 fully saturated rings. The first-order valence-corrected chi connectivity index (χ1v) is 10.2. The third kappa shape index (κ3) is 3.53. The highest BCUT2D eigenvalue weighted by Crippen LogP contribution is 2.38. The van der Waals surface area contributed by atoms with Crippen LogP contribution in [0.2, 0.25) is 0 Å². The Hall–Kier alpha value is -2.69. The molecule has 28 heavy (non-hydrogen) atoms. The van der Waals surface area contributed by atoms with Crippen molar-refractivity contribution in [3.8, 4) is 0 Å². The van der Waals surface area contributed by atoms with Crippen LogP contribution in [-0.2, 0) is 14.4 Å².